The molecule has 0 bridgehead atoms. The molecule has 6 nitrogen and oxygen atoms in total. The van der Waals surface area contributed by atoms with Gasteiger partial charge in [-0.1, -0.05) is 6.07 Å². The predicted molar refractivity (Wildman–Crippen MR) is 98.4 cm³/mol. The number of aryl methyl sites for hydroxylation is 1. The fraction of sp³-hybridized carbons (Fsp3) is 0.100. The molecule has 7 heteroatoms. The molecule has 0 saturated heterocycles. The summed E-state index contributed by atoms with van der Waals surface area (Å²) in [6, 6.07) is 13.9. The minimum absolute atomic E-state index is 0.208. The number of benzene rings is 2. The molecule has 3 rings (SSSR count). The smallest absolute Gasteiger partial charge is 0.291 e. The summed E-state index contributed by atoms with van der Waals surface area (Å²) in [7, 11) is 0. The minimum atomic E-state index is -0.427. The molecule has 0 atom stereocenters. The molecule has 1 aromatic heterocycles. The van der Waals surface area contributed by atoms with Gasteiger partial charge < -0.3 is 19.8 Å². The number of rotatable bonds is 6. The van der Waals surface area contributed by atoms with E-state index in [1.165, 1.54) is 18.4 Å². The molecule has 3 aromatic rings. The van der Waals surface area contributed by atoms with Gasteiger partial charge in [-0.3, -0.25) is 9.59 Å². The second-order valence-electron chi connectivity index (χ2n) is 5.75. The van der Waals surface area contributed by atoms with Crippen molar-refractivity contribution in [2.24, 2.45) is 0 Å². The highest BCUT2D eigenvalue weighted by Crippen LogP contribution is 2.18. The molecule has 1 heterocycles. The number of amides is 2. The van der Waals surface area contributed by atoms with Gasteiger partial charge in [0.25, 0.3) is 11.8 Å². The number of carbonyl (C=O) groups is 2. The van der Waals surface area contributed by atoms with Gasteiger partial charge in [-0.05, 0) is 61.0 Å². The monoisotopic (exact) mass is 368 g/mol. The average Bonchev–Trinajstić information content (AvgIpc) is 3.19. The largest absolute Gasteiger partial charge is 0.484 e. The summed E-state index contributed by atoms with van der Waals surface area (Å²) >= 11 is 0. The van der Waals surface area contributed by atoms with E-state index in [-0.39, 0.29) is 18.3 Å². The first-order chi connectivity index (χ1) is 13.0. The Bertz CT molecular complexity index is 937. The van der Waals surface area contributed by atoms with E-state index in [9.17, 15) is 14.0 Å². The standard InChI is InChI=1S/C20H17FN2O4/c1-13-4-5-14(21)11-17(13)23-19(24)12-27-16-8-6-15(7-9-16)22-20(25)18-3-2-10-26-18/h2-11H,12H2,1H3,(H,22,25)(H,23,24). The van der Waals surface area contributed by atoms with Crippen LogP contribution >= 0.6 is 0 Å². The fourth-order valence-electron chi connectivity index (χ4n) is 2.30. The Balaban J connectivity index is 1.51. The van der Waals surface area contributed by atoms with E-state index in [1.54, 1.807) is 49.4 Å². The molecular weight excluding hydrogens is 351 g/mol. The van der Waals surface area contributed by atoms with E-state index in [2.05, 4.69) is 10.6 Å². The predicted octanol–water partition coefficient (Wildman–Crippen LogP) is 4.00. The third-order valence-corrected chi connectivity index (χ3v) is 3.70. The Labute approximate surface area is 155 Å². The minimum Gasteiger partial charge on any atom is -0.484 e. The van der Waals surface area contributed by atoms with Crippen molar-refractivity contribution in [3.8, 4) is 5.75 Å². The number of ether oxygens (including phenoxy) is 1. The van der Waals surface area contributed by atoms with Gasteiger partial charge >= 0.3 is 0 Å². The number of anilines is 2. The maximum Gasteiger partial charge on any atom is 0.291 e. The van der Waals surface area contributed by atoms with Gasteiger partial charge in [-0.25, -0.2) is 4.39 Å². The van der Waals surface area contributed by atoms with Crippen molar-refractivity contribution >= 4 is 23.2 Å². The molecule has 0 spiro atoms. The third kappa shape index (κ3) is 4.94. The second-order valence-corrected chi connectivity index (χ2v) is 5.75. The molecule has 0 aliphatic heterocycles. The van der Waals surface area contributed by atoms with Gasteiger partial charge in [0.15, 0.2) is 12.4 Å². The lowest BCUT2D eigenvalue weighted by Gasteiger charge is -2.10. The Morgan fingerprint density at radius 2 is 1.85 bits per heavy atom. The Morgan fingerprint density at radius 3 is 2.56 bits per heavy atom. The lowest BCUT2D eigenvalue weighted by atomic mass is 10.2. The van der Waals surface area contributed by atoms with Crippen LogP contribution in [0.25, 0.3) is 0 Å². The first-order valence-corrected chi connectivity index (χ1v) is 8.15. The van der Waals surface area contributed by atoms with Crippen molar-refractivity contribution in [3.63, 3.8) is 0 Å². The average molecular weight is 368 g/mol. The van der Waals surface area contributed by atoms with E-state index in [0.717, 1.165) is 5.56 Å². The van der Waals surface area contributed by atoms with Crippen LogP contribution in [0.5, 0.6) is 5.75 Å². The topological polar surface area (TPSA) is 80.6 Å². The number of carbonyl (C=O) groups excluding carboxylic acids is 2. The van der Waals surface area contributed by atoms with Crippen LogP contribution in [0.1, 0.15) is 16.1 Å². The molecular formula is C20H17FN2O4. The van der Waals surface area contributed by atoms with E-state index in [0.29, 0.717) is 17.1 Å². The first kappa shape index (κ1) is 18.2. The molecule has 2 amide bonds. The highest BCUT2D eigenvalue weighted by molar-refractivity contribution is 6.02. The summed E-state index contributed by atoms with van der Waals surface area (Å²) in [6.07, 6.45) is 1.42. The van der Waals surface area contributed by atoms with Crippen LogP contribution < -0.4 is 15.4 Å². The molecule has 0 aliphatic rings. The van der Waals surface area contributed by atoms with Gasteiger partial charge in [-0.2, -0.15) is 0 Å². The molecule has 0 radical (unpaired) electrons. The zero-order chi connectivity index (χ0) is 19.2. The van der Waals surface area contributed by atoms with Gasteiger partial charge in [0.2, 0.25) is 0 Å². The number of furan rings is 1. The summed E-state index contributed by atoms with van der Waals surface area (Å²) < 4.78 is 23.7. The van der Waals surface area contributed by atoms with Crippen LogP contribution in [0, 0.1) is 12.7 Å². The van der Waals surface area contributed by atoms with Crippen molar-refractivity contribution in [1.29, 1.82) is 0 Å². The van der Waals surface area contributed by atoms with Crippen molar-refractivity contribution < 1.29 is 23.1 Å². The molecule has 2 N–H and O–H groups in total. The number of nitrogens with one attached hydrogen (secondary N) is 2. The van der Waals surface area contributed by atoms with Crippen molar-refractivity contribution in [3.05, 3.63) is 78.0 Å². The first-order valence-electron chi connectivity index (χ1n) is 8.15. The summed E-state index contributed by atoms with van der Waals surface area (Å²) in [5, 5.41) is 5.28. The molecule has 0 unspecified atom stereocenters. The van der Waals surface area contributed by atoms with Gasteiger partial charge in [0.1, 0.15) is 11.6 Å². The maximum absolute atomic E-state index is 13.2. The van der Waals surface area contributed by atoms with E-state index >= 15 is 0 Å². The summed E-state index contributed by atoms with van der Waals surface area (Å²) in [5.41, 5.74) is 1.71. The molecule has 0 aliphatic carbocycles. The summed E-state index contributed by atoms with van der Waals surface area (Å²) in [4.78, 5) is 23.9. The van der Waals surface area contributed by atoms with Crippen LogP contribution in [-0.2, 0) is 4.79 Å². The third-order valence-electron chi connectivity index (χ3n) is 3.70. The summed E-state index contributed by atoms with van der Waals surface area (Å²) in [6.45, 7) is 1.54. The lowest BCUT2D eigenvalue weighted by molar-refractivity contribution is -0.118. The molecule has 0 fully saturated rings. The van der Waals surface area contributed by atoms with Crippen LogP contribution in [0.3, 0.4) is 0 Å². The number of halogens is 1. The molecule has 2 aromatic carbocycles. The maximum atomic E-state index is 13.2. The molecule has 27 heavy (non-hydrogen) atoms. The van der Waals surface area contributed by atoms with Gasteiger partial charge in [0.05, 0.1) is 6.26 Å². The Morgan fingerprint density at radius 1 is 1.07 bits per heavy atom. The summed E-state index contributed by atoms with van der Waals surface area (Å²) in [5.74, 6) is -0.529. The fourth-order valence-corrected chi connectivity index (χ4v) is 2.30. The molecule has 0 saturated carbocycles. The highest BCUT2D eigenvalue weighted by Gasteiger charge is 2.09. The quantitative estimate of drug-likeness (QED) is 0.689. The van der Waals surface area contributed by atoms with Crippen LogP contribution in [0.2, 0.25) is 0 Å². The van der Waals surface area contributed by atoms with Crippen LogP contribution in [-0.4, -0.2) is 18.4 Å². The lowest BCUT2D eigenvalue weighted by Crippen LogP contribution is -2.20. The van der Waals surface area contributed by atoms with Crippen molar-refractivity contribution in [2.75, 3.05) is 17.2 Å². The van der Waals surface area contributed by atoms with E-state index in [4.69, 9.17) is 9.15 Å². The second kappa shape index (κ2) is 8.18. The van der Waals surface area contributed by atoms with Crippen molar-refractivity contribution in [1.82, 2.24) is 0 Å². The zero-order valence-corrected chi connectivity index (χ0v) is 14.5. The number of hydrogen-bond acceptors (Lipinski definition) is 4. The highest BCUT2D eigenvalue weighted by atomic mass is 19.1. The van der Waals surface area contributed by atoms with Crippen LogP contribution in [0.15, 0.2) is 65.3 Å². The normalized spacial score (nSPS) is 10.3. The van der Waals surface area contributed by atoms with Gasteiger partial charge in [-0.15, -0.1) is 0 Å². The zero-order valence-electron chi connectivity index (χ0n) is 14.5. The van der Waals surface area contributed by atoms with E-state index in [1.807, 2.05) is 0 Å². The van der Waals surface area contributed by atoms with E-state index < -0.39 is 11.7 Å². The number of hydrogen-bond donors (Lipinski definition) is 2. The SMILES string of the molecule is Cc1ccc(F)cc1NC(=O)COc1ccc(NC(=O)c2ccco2)cc1. The Hall–Kier alpha value is -3.61. The Kier molecular flexibility index (Phi) is 5.51. The van der Waals surface area contributed by atoms with Gasteiger partial charge in [0, 0.05) is 11.4 Å². The van der Waals surface area contributed by atoms with Crippen molar-refractivity contribution in [2.45, 2.75) is 6.92 Å². The van der Waals surface area contributed by atoms with Crippen LogP contribution in [0.4, 0.5) is 15.8 Å². The molecule has 138 valence electrons.